The molecule has 124 valence electrons. The Bertz CT molecular complexity index is 601. The number of aliphatic imine (C=N–C) groups is 1. The van der Waals surface area contributed by atoms with Crippen LogP contribution in [0.2, 0.25) is 0 Å². The van der Waals surface area contributed by atoms with Crippen LogP contribution in [0.3, 0.4) is 0 Å². The van der Waals surface area contributed by atoms with Gasteiger partial charge in [-0.15, -0.1) is 0 Å². The van der Waals surface area contributed by atoms with E-state index in [1.165, 1.54) is 0 Å². The molecule has 0 bridgehead atoms. The number of hydrogen-bond donors (Lipinski definition) is 0. The highest BCUT2D eigenvalue weighted by atomic mass is 16.5. The van der Waals surface area contributed by atoms with Crippen LogP contribution in [0.15, 0.2) is 23.2 Å². The van der Waals surface area contributed by atoms with Crippen molar-refractivity contribution in [3.8, 4) is 0 Å². The topological polar surface area (TPSA) is 29.2 Å². The van der Waals surface area contributed by atoms with E-state index in [2.05, 4.69) is 37.4 Å². The maximum Gasteiger partial charge on any atom is 0.293 e. The van der Waals surface area contributed by atoms with Crippen molar-refractivity contribution in [1.29, 1.82) is 0 Å². The minimum atomic E-state index is 0.418. The highest BCUT2D eigenvalue weighted by Gasteiger charge is 2.31. The number of ether oxygens (including phenoxy) is 1. The quantitative estimate of drug-likeness (QED) is 0.696. The van der Waals surface area contributed by atoms with Gasteiger partial charge in [0.2, 0.25) is 0 Å². The number of rotatable bonds is 6. The molecule has 0 spiro atoms. The fourth-order valence-corrected chi connectivity index (χ4v) is 2.99. The van der Waals surface area contributed by atoms with Crippen LogP contribution < -0.4 is 0 Å². The zero-order valence-electron chi connectivity index (χ0n) is 14.7. The van der Waals surface area contributed by atoms with Gasteiger partial charge >= 0.3 is 0 Å². The molecule has 1 saturated heterocycles. The van der Waals surface area contributed by atoms with Crippen LogP contribution in [0.5, 0.6) is 0 Å². The summed E-state index contributed by atoms with van der Waals surface area (Å²) in [6, 6.07) is 6.85. The van der Waals surface area contributed by atoms with Gasteiger partial charge in [-0.1, -0.05) is 39.8 Å². The number of aryl methyl sites for hydroxylation is 1. The van der Waals surface area contributed by atoms with Gasteiger partial charge in [-0.3, -0.25) is 0 Å². The monoisotopic (exact) mass is 313 g/mol. The van der Waals surface area contributed by atoms with Crippen molar-refractivity contribution in [3.63, 3.8) is 0 Å². The van der Waals surface area contributed by atoms with E-state index in [4.69, 9.17) is 16.3 Å². The molecule has 0 saturated carbocycles. The summed E-state index contributed by atoms with van der Waals surface area (Å²) >= 11 is 0. The summed E-state index contributed by atoms with van der Waals surface area (Å²) < 4.78 is 5.91. The summed E-state index contributed by atoms with van der Waals surface area (Å²) in [5, 5.41) is 0. The molecule has 0 aromatic heterocycles. The van der Waals surface area contributed by atoms with Gasteiger partial charge in [-0.2, -0.15) is 4.99 Å². The molecule has 23 heavy (non-hydrogen) atoms. The van der Waals surface area contributed by atoms with E-state index in [1.807, 2.05) is 18.2 Å². The Morgan fingerprint density at radius 3 is 2.78 bits per heavy atom. The predicted octanol–water partition coefficient (Wildman–Crippen LogP) is 4.94. The molecular formula is C19H27N3O. The first-order chi connectivity index (χ1) is 11.1. The fourth-order valence-electron chi connectivity index (χ4n) is 2.99. The first-order valence-electron chi connectivity index (χ1n) is 8.57. The van der Waals surface area contributed by atoms with E-state index in [-0.39, 0.29) is 0 Å². The summed E-state index contributed by atoms with van der Waals surface area (Å²) in [6.45, 7) is 17.6. The second-order valence-electron chi connectivity index (χ2n) is 6.46. The Balaban J connectivity index is 2.29. The number of amidine groups is 1. The van der Waals surface area contributed by atoms with Crippen molar-refractivity contribution in [2.24, 2.45) is 10.9 Å². The lowest BCUT2D eigenvalue weighted by atomic mass is 10.0. The maximum absolute atomic E-state index is 7.14. The van der Waals surface area contributed by atoms with Gasteiger partial charge in [0.15, 0.2) is 5.69 Å². The molecule has 0 unspecified atom stereocenters. The van der Waals surface area contributed by atoms with Crippen molar-refractivity contribution in [1.82, 2.24) is 4.90 Å². The smallest absolute Gasteiger partial charge is 0.293 e. The Morgan fingerprint density at radius 1 is 1.39 bits per heavy atom. The summed E-state index contributed by atoms with van der Waals surface area (Å²) in [4.78, 5) is 10.6. The zero-order chi connectivity index (χ0) is 16.8. The van der Waals surface area contributed by atoms with Gasteiger partial charge in [0, 0.05) is 6.54 Å². The third-order valence-electron chi connectivity index (χ3n) is 4.09. The Kier molecular flexibility index (Phi) is 6.04. The third-order valence-corrected chi connectivity index (χ3v) is 4.09. The van der Waals surface area contributed by atoms with Gasteiger partial charge in [-0.05, 0) is 36.8 Å². The van der Waals surface area contributed by atoms with Gasteiger partial charge in [0.05, 0.1) is 18.3 Å². The van der Waals surface area contributed by atoms with Crippen LogP contribution in [0.25, 0.3) is 4.85 Å². The van der Waals surface area contributed by atoms with Crippen LogP contribution in [0.4, 0.5) is 11.4 Å². The van der Waals surface area contributed by atoms with Crippen molar-refractivity contribution in [2.45, 2.75) is 53.0 Å². The van der Waals surface area contributed by atoms with Crippen molar-refractivity contribution >= 4 is 17.4 Å². The first-order valence-corrected chi connectivity index (χ1v) is 8.57. The second-order valence-corrected chi connectivity index (χ2v) is 6.46. The fraction of sp³-hybridized carbons (Fsp3) is 0.579. The largest absolute Gasteiger partial charge is 0.463 e. The number of nitrogens with zero attached hydrogens (tertiary/aromatic N) is 3. The molecule has 0 amide bonds. The Morgan fingerprint density at radius 2 is 2.17 bits per heavy atom. The molecule has 1 atom stereocenters. The van der Waals surface area contributed by atoms with Crippen molar-refractivity contribution in [2.75, 3.05) is 13.2 Å². The summed E-state index contributed by atoms with van der Waals surface area (Å²) in [5.74, 6) is 0.645. The molecule has 2 rings (SSSR count). The lowest BCUT2D eigenvalue weighted by Gasteiger charge is -2.24. The lowest BCUT2D eigenvalue weighted by molar-refractivity contribution is 0.275. The maximum atomic E-state index is 7.14. The van der Waals surface area contributed by atoms with E-state index in [0.29, 0.717) is 17.6 Å². The summed E-state index contributed by atoms with van der Waals surface area (Å²) in [7, 11) is 0. The number of benzene rings is 1. The SMILES string of the molecule is [C-]#[N+]c1ccc(N=C2OC[C@H](CC(C)C)N2CCC)c(CC)c1. The van der Waals surface area contributed by atoms with E-state index in [0.717, 1.165) is 49.7 Å². The third kappa shape index (κ3) is 4.25. The van der Waals surface area contributed by atoms with Crippen LogP contribution in [-0.4, -0.2) is 30.1 Å². The molecule has 1 aromatic carbocycles. The first kappa shape index (κ1) is 17.3. The lowest BCUT2D eigenvalue weighted by Crippen LogP contribution is -2.35. The van der Waals surface area contributed by atoms with Gasteiger partial charge in [0.25, 0.3) is 6.02 Å². The molecule has 1 aliphatic heterocycles. The van der Waals surface area contributed by atoms with E-state index < -0.39 is 0 Å². The highest BCUT2D eigenvalue weighted by Crippen LogP contribution is 2.28. The van der Waals surface area contributed by atoms with Crippen LogP contribution >= 0.6 is 0 Å². The normalized spacial score (nSPS) is 19.2. The zero-order valence-corrected chi connectivity index (χ0v) is 14.7. The standard InChI is InChI=1S/C19H27N3O/c1-6-10-22-17(11-14(3)4)13-23-19(22)21-18-9-8-16(20-5)12-15(18)7-2/h8-9,12,14,17H,6-7,10-11,13H2,1-4H3/t17-/m0/s1. The van der Waals surface area contributed by atoms with Crippen LogP contribution in [-0.2, 0) is 11.2 Å². The molecule has 4 heteroatoms. The van der Waals surface area contributed by atoms with Crippen LogP contribution in [0, 0.1) is 12.5 Å². The van der Waals surface area contributed by atoms with Gasteiger partial charge < -0.3 is 9.64 Å². The highest BCUT2D eigenvalue weighted by molar-refractivity contribution is 5.80. The Labute approximate surface area is 140 Å². The minimum Gasteiger partial charge on any atom is -0.463 e. The van der Waals surface area contributed by atoms with E-state index in [1.54, 1.807) is 0 Å². The van der Waals surface area contributed by atoms with E-state index in [9.17, 15) is 0 Å². The molecule has 1 fully saturated rings. The molecule has 0 radical (unpaired) electrons. The van der Waals surface area contributed by atoms with Gasteiger partial charge in [0.1, 0.15) is 6.61 Å². The predicted molar refractivity (Wildman–Crippen MR) is 95.4 cm³/mol. The Hall–Kier alpha value is -2.02. The second kappa shape index (κ2) is 8.01. The average Bonchev–Trinajstić information content (AvgIpc) is 2.89. The molecule has 1 heterocycles. The van der Waals surface area contributed by atoms with Crippen molar-refractivity contribution < 1.29 is 4.74 Å². The van der Waals surface area contributed by atoms with Gasteiger partial charge in [-0.25, -0.2) is 4.85 Å². The molecular weight excluding hydrogens is 286 g/mol. The molecule has 0 N–H and O–H groups in total. The minimum absolute atomic E-state index is 0.418. The molecule has 1 aromatic rings. The molecule has 1 aliphatic rings. The van der Waals surface area contributed by atoms with Crippen LogP contribution in [0.1, 0.15) is 46.1 Å². The van der Waals surface area contributed by atoms with E-state index >= 15 is 0 Å². The molecule has 4 nitrogen and oxygen atoms in total. The number of hydrogen-bond acceptors (Lipinski definition) is 2. The molecule has 0 aliphatic carbocycles. The summed E-state index contributed by atoms with van der Waals surface area (Å²) in [6.07, 6.45) is 3.06. The average molecular weight is 313 g/mol. The summed E-state index contributed by atoms with van der Waals surface area (Å²) in [5.41, 5.74) is 2.68. The van der Waals surface area contributed by atoms with Crippen molar-refractivity contribution in [3.05, 3.63) is 35.2 Å².